The van der Waals surface area contributed by atoms with Crippen molar-refractivity contribution in [1.82, 2.24) is 4.72 Å². The lowest BCUT2D eigenvalue weighted by Gasteiger charge is -2.06. The Morgan fingerprint density at radius 3 is 2.61 bits per heavy atom. The molecule has 23 heavy (non-hydrogen) atoms. The average molecular weight is 373 g/mol. The molecule has 0 fully saturated rings. The number of hydrogen-bond acceptors (Lipinski definition) is 7. The molecule has 2 aromatic heterocycles. The van der Waals surface area contributed by atoms with Crippen LogP contribution >= 0.6 is 22.7 Å². The Balaban J connectivity index is 2.03. The Bertz CT molecular complexity index is 819. The summed E-state index contributed by atoms with van der Waals surface area (Å²) < 4.78 is 31.6. The number of nitrogens with one attached hydrogen (secondary N) is 1. The number of esters is 1. The summed E-state index contributed by atoms with van der Waals surface area (Å²) in [6.45, 7) is 1.67. The van der Waals surface area contributed by atoms with Crippen LogP contribution in [0.3, 0.4) is 0 Å². The third-order valence-electron chi connectivity index (χ3n) is 2.96. The summed E-state index contributed by atoms with van der Waals surface area (Å²) in [6, 6.07) is 4.91. The van der Waals surface area contributed by atoms with Gasteiger partial charge in [0.05, 0.1) is 12.0 Å². The fourth-order valence-electron chi connectivity index (χ4n) is 1.84. The fraction of sp³-hybridized carbons (Fsp3) is 0.286. The minimum absolute atomic E-state index is 0.0113. The zero-order valence-corrected chi connectivity index (χ0v) is 14.9. The molecule has 0 saturated carbocycles. The largest absolute Gasteiger partial charge is 0.465 e. The number of ketones is 1. The van der Waals surface area contributed by atoms with Crippen molar-refractivity contribution in [3.05, 3.63) is 38.2 Å². The van der Waals surface area contributed by atoms with E-state index in [4.69, 9.17) is 0 Å². The van der Waals surface area contributed by atoms with Crippen molar-refractivity contribution >= 4 is 44.4 Å². The topological polar surface area (TPSA) is 89.5 Å². The number of rotatable bonds is 7. The van der Waals surface area contributed by atoms with Crippen LogP contribution in [0, 0.1) is 0 Å². The van der Waals surface area contributed by atoms with Crippen LogP contribution in [0.25, 0.3) is 0 Å². The molecule has 2 aromatic rings. The second-order valence-electron chi connectivity index (χ2n) is 4.58. The number of carbonyl (C=O) groups excluding carboxylic acids is 2. The van der Waals surface area contributed by atoms with Gasteiger partial charge < -0.3 is 4.74 Å². The molecule has 1 N–H and O–H groups in total. The number of hydrogen-bond donors (Lipinski definition) is 1. The number of carbonyl (C=O) groups is 2. The van der Waals surface area contributed by atoms with Crippen LogP contribution in [-0.2, 0) is 21.2 Å². The van der Waals surface area contributed by atoms with Crippen LogP contribution < -0.4 is 4.72 Å². The Morgan fingerprint density at radius 2 is 2.00 bits per heavy atom. The molecule has 0 radical (unpaired) electrons. The number of thiophene rings is 2. The lowest BCUT2D eigenvalue weighted by Crippen LogP contribution is -2.26. The molecule has 6 nitrogen and oxygen atoms in total. The molecule has 0 saturated heterocycles. The minimum atomic E-state index is -3.79. The standard InChI is InChI=1S/C14H15NO5S3/c1-9(16)11-4-3-10(22-11)5-7-15-23(18,19)12-6-8-21-13(12)14(17)20-2/h3-4,6,8,15H,5,7H2,1-2H3. The molecule has 2 heterocycles. The number of sulfonamides is 1. The molecule has 2 rings (SSSR count). The first kappa shape index (κ1) is 17.8. The molecule has 0 aliphatic rings. The van der Waals surface area contributed by atoms with Crippen molar-refractivity contribution < 1.29 is 22.7 Å². The van der Waals surface area contributed by atoms with Crippen molar-refractivity contribution in [2.45, 2.75) is 18.2 Å². The number of Topliss-reactive ketones (excluding diaryl/α,β-unsaturated/α-hetero) is 1. The summed E-state index contributed by atoms with van der Waals surface area (Å²) in [5.41, 5.74) is 0. The molecule has 0 aliphatic carbocycles. The third kappa shape index (κ3) is 4.25. The van der Waals surface area contributed by atoms with Crippen LogP contribution in [-0.4, -0.2) is 33.8 Å². The van der Waals surface area contributed by atoms with Crippen molar-refractivity contribution in [3.63, 3.8) is 0 Å². The van der Waals surface area contributed by atoms with E-state index < -0.39 is 16.0 Å². The summed E-state index contributed by atoms with van der Waals surface area (Å²) in [5, 5.41) is 1.53. The quantitative estimate of drug-likeness (QED) is 0.594. The first-order valence-corrected chi connectivity index (χ1v) is 9.78. The highest BCUT2D eigenvalue weighted by molar-refractivity contribution is 7.89. The second kappa shape index (κ2) is 7.35. The van der Waals surface area contributed by atoms with Gasteiger partial charge in [0.25, 0.3) is 0 Å². The van der Waals surface area contributed by atoms with Crippen LogP contribution in [0.2, 0.25) is 0 Å². The van der Waals surface area contributed by atoms with E-state index in [1.807, 2.05) is 0 Å². The highest BCUT2D eigenvalue weighted by atomic mass is 32.2. The molecular formula is C14H15NO5S3. The fourth-order valence-corrected chi connectivity index (χ4v) is 5.11. The van der Waals surface area contributed by atoms with Gasteiger partial charge in [0.2, 0.25) is 10.0 Å². The Kier molecular flexibility index (Phi) is 5.69. The van der Waals surface area contributed by atoms with Crippen molar-refractivity contribution in [1.29, 1.82) is 0 Å². The van der Waals surface area contributed by atoms with Gasteiger partial charge >= 0.3 is 5.97 Å². The maximum absolute atomic E-state index is 12.3. The average Bonchev–Trinajstić information content (AvgIpc) is 3.15. The smallest absolute Gasteiger partial charge is 0.349 e. The molecule has 0 aliphatic heterocycles. The summed E-state index contributed by atoms with van der Waals surface area (Å²) in [5.74, 6) is -0.687. The van der Waals surface area contributed by atoms with Gasteiger partial charge in [-0.05, 0) is 36.9 Å². The van der Waals surface area contributed by atoms with Gasteiger partial charge in [-0.25, -0.2) is 17.9 Å². The molecule has 0 spiro atoms. The van der Waals surface area contributed by atoms with Gasteiger partial charge in [-0.15, -0.1) is 22.7 Å². The molecule has 124 valence electrons. The summed E-state index contributed by atoms with van der Waals surface area (Å²) >= 11 is 2.36. The monoisotopic (exact) mass is 373 g/mol. The summed E-state index contributed by atoms with van der Waals surface area (Å²) in [6.07, 6.45) is 0.467. The highest BCUT2D eigenvalue weighted by Crippen LogP contribution is 2.23. The van der Waals surface area contributed by atoms with E-state index >= 15 is 0 Å². The van der Waals surface area contributed by atoms with Gasteiger partial charge in [-0.1, -0.05) is 0 Å². The maximum Gasteiger partial charge on any atom is 0.349 e. The van der Waals surface area contributed by atoms with Gasteiger partial charge in [-0.2, -0.15) is 0 Å². The third-order valence-corrected chi connectivity index (χ3v) is 6.73. The molecule has 9 heteroatoms. The predicted molar refractivity (Wildman–Crippen MR) is 88.9 cm³/mol. The molecule has 0 atom stereocenters. The van der Waals surface area contributed by atoms with E-state index in [0.29, 0.717) is 11.3 Å². The maximum atomic E-state index is 12.3. The van der Waals surface area contributed by atoms with Crippen LogP contribution in [0.1, 0.15) is 31.1 Å². The zero-order valence-electron chi connectivity index (χ0n) is 12.5. The predicted octanol–water partition coefficient (Wildman–Crippen LogP) is 2.32. The van der Waals surface area contributed by atoms with Crippen molar-refractivity contribution in [2.75, 3.05) is 13.7 Å². The number of ether oxygens (including phenoxy) is 1. The molecule has 0 amide bonds. The lowest BCUT2D eigenvalue weighted by atomic mass is 10.3. The van der Waals surface area contributed by atoms with E-state index in [1.165, 1.54) is 36.8 Å². The van der Waals surface area contributed by atoms with Crippen LogP contribution in [0.15, 0.2) is 28.5 Å². The molecule has 0 unspecified atom stereocenters. The van der Waals surface area contributed by atoms with E-state index in [2.05, 4.69) is 9.46 Å². The first-order chi connectivity index (χ1) is 10.8. The highest BCUT2D eigenvalue weighted by Gasteiger charge is 2.24. The Hall–Kier alpha value is -1.55. The van der Waals surface area contributed by atoms with Gasteiger partial charge in [0.1, 0.15) is 9.77 Å². The molecule has 0 aromatic carbocycles. The minimum Gasteiger partial charge on any atom is -0.465 e. The van der Waals surface area contributed by atoms with Gasteiger partial charge in [0, 0.05) is 11.4 Å². The number of methoxy groups -OCH3 is 1. The second-order valence-corrected chi connectivity index (χ2v) is 8.40. The van der Waals surface area contributed by atoms with Gasteiger partial charge in [0.15, 0.2) is 5.78 Å². The first-order valence-electron chi connectivity index (χ1n) is 6.60. The van der Waals surface area contributed by atoms with Crippen molar-refractivity contribution in [3.8, 4) is 0 Å². The van der Waals surface area contributed by atoms with E-state index in [-0.39, 0.29) is 22.1 Å². The molecular weight excluding hydrogens is 358 g/mol. The van der Waals surface area contributed by atoms with Crippen LogP contribution in [0.4, 0.5) is 0 Å². The SMILES string of the molecule is COC(=O)c1sccc1S(=O)(=O)NCCc1ccc(C(C)=O)s1. The lowest BCUT2D eigenvalue weighted by molar-refractivity contribution is 0.0602. The molecule has 0 bridgehead atoms. The van der Waals surface area contributed by atoms with E-state index in [9.17, 15) is 18.0 Å². The van der Waals surface area contributed by atoms with E-state index in [0.717, 1.165) is 16.2 Å². The van der Waals surface area contributed by atoms with Crippen LogP contribution in [0.5, 0.6) is 0 Å². The van der Waals surface area contributed by atoms with E-state index in [1.54, 1.807) is 12.1 Å². The normalized spacial score (nSPS) is 11.4. The van der Waals surface area contributed by atoms with Crippen molar-refractivity contribution in [2.24, 2.45) is 0 Å². The summed E-state index contributed by atoms with van der Waals surface area (Å²) in [4.78, 5) is 24.3. The summed E-state index contributed by atoms with van der Waals surface area (Å²) in [7, 11) is -2.58. The van der Waals surface area contributed by atoms with Gasteiger partial charge in [-0.3, -0.25) is 4.79 Å². The zero-order chi connectivity index (χ0) is 17.0. The Labute approximate surface area is 142 Å². The Morgan fingerprint density at radius 1 is 1.26 bits per heavy atom.